The molecule has 0 fully saturated rings. The van der Waals surface area contributed by atoms with Gasteiger partial charge in [-0.15, -0.1) is 0 Å². The lowest BCUT2D eigenvalue weighted by molar-refractivity contribution is -0.133. The van der Waals surface area contributed by atoms with Gasteiger partial charge in [-0.25, -0.2) is 0 Å². The molecule has 0 radical (unpaired) electrons. The normalized spacial score (nSPS) is 19.4. The molecule has 0 aromatic heterocycles. The Hall–Kier alpha value is -1.59. The molecule has 1 atom stereocenters. The number of amides is 1. The molecule has 23 heavy (non-hydrogen) atoms. The van der Waals surface area contributed by atoms with Crippen molar-refractivity contribution >= 4 is 52.2 Å². The third-order valence-electron chi connectivity index (χ3n) is 3.68. The smallest absolute Gasteiger partial charge is 0.261 e. The number of halogens is 3. The van der Waals surface area contributed by atoms with Gasteiger partial charge < -0.3 is 10.4 Å². The molecule has 1 amide bonds. The van der Waals surface area contributed by atoms with E-state index in [2.05, 4.69) is 5.32 Å². The van der Waals surface area contributed by atoms with Crippen LogP contribution in [0.1, 0.15) is 22.3 Å². The summed E-state index contributed by atoms with van der Waals surface area (Å²) in [5.41, 5.74) is -1.22. The number of benzene rings is 2. The highest BCUT2D eigenvalue weighted by Gasteiger charge is 2.48. The van der Waals surface area contributed by atoms with Crippen LogP contribution in [0.2, 0.25) is 15.1 Å². The largest absolute Gasteiger partial charge is 0.375 e. The number of ketones is 1. The number of nitrogens with one attached hydrogen (secondary N) is 1. The van der Waals surface area contributed by atoms with E-state index in [1.165, 1.54) is 24.3 Å². The number of Topliss-reactive ketones (excluding diaryl/α,β-unsaturated/α-hetero) is 1. The summed E-state index contributed by atoms with van der Waals surface area (Å²) in [6.07, 6.45) is -0.436. The highest BCUT2D eigenvalue weighted by atomic mass is 35.5. The molecule has 0 unspecified atom stereocenters. The first-order valence-corrected chi connectivity index (χ1v) is 7.77. The summed E-state index contributed by atoms with van der Waals surface area (Å²) in [5, 5.41) is 14.2. The number of hydrogen-bond acceptors (Lipinski definition) is 3. The van der Waals surface area contributed by atoms with Gasteiger partial charge in [0.15, 0.2) is 11.4 Å². The zero-order chi connectivity index (χ0) is 16.8. The molecular formula is C16H10Cl3NO3. The van der Waals surface area contributed by atoms with E-state index in [1.807, 2.05) is 0 Å². The molecule has 0 saturated carbocycles. The van der Waals surface area contributed by atoms with Crippen molar-refractivity contribution < 1.29 is 14.7 Å². The van der Waals surface area contributed by atoms with Gasteiger partial charge in [-0.2, -0.15) is 0 Å². The third kappa shape index (κ3) is 2.83. The lowest BCUT2D eigenvalue weighted by Gasteiger charge is -2.21. The third-order valence-corrected chi connectivity index (χ3v) is 4.44. The maximum Gasteiger partial charge on any atom is 0.261 e. The van der Waals surface area contributed by atoms with Crippen LogP contribution < -0.4 is 5.32 Å². The topological polar surface area (TPSA) is 66.4 Å². The maximum atomic E-state index is 12.4. The molecule has 0 spiro atoms. The van der Waals surface area contributed by atoms with Crippen LogP contribution in [0, 0.1) is 0 Å². The van der Waals surface area contributed by atoms with E-state index in [4.69, 9.17) is 34.8 Å². The van der Waals surface area contributed by atoms with E-state index in [9.17, 15) is 14.7 Å². The SMILES string of the molecule is O=C(C[C@]1(O)C(=O)Nc2cc(Cl)cc(Cl)c21)c1ccc(Cl)cc1. The predicted molar refractivity (Wildman–Crippen MR) is 89.4 cm³/mol. The molecular weight excluding hydrogens is 361 g/mol. The highest BCUT2D eigenvalue weighted by molar-refractivity contribution is 6.36. The highest BCUT2D eigenvalue weighted by Crippen LogP contribution is 2.44. The van der Waals surface area contributed by atoms with Crippen molar-refractivity contribution in [3.63, 3.8) is 0 Å². The molecule has 0 bridgehead atoms. The van der Waals surface area contributed by atoms with E-state index in [0.29, 0.717) is 21.3 Å². The minimum Gasteiger partial charge on any atom is -0.375 e. The predicted octanol–water partition coefficient (Wildman–Crippen LogP) is 4.06. The molecule has 4 nitrogen and oxygen atoms in total. The molecule has 118 valence electrons. The summed E-state index contributed by atoms with van der Waals surface area (Å²) in [7, 11) is 0. The Morgan fingerprint density at radius 2 is 1.74 bits per heavy atom. The van der Waals surface area contributed by atoms with Crippen LogP contribution in [0.4, 0.5) is 5.69 Å². The Labute approximate surface area is 147 Å². The lowest BCUT2D eigenvalue weighted by atomic mass is 9.88. The van der Waals surface area contributed by atoms with Gasteiger partial charge in [0.1, 0.15) is 0 Å². The Bertz CT molecular complexity index is 820. The zero-order valence-electron chi connectivity index (χ0n) is 11.6. The molecule has 1 aliphatic heterocycles. The number of anilines is 1. The summed E-state index contributed by atoms with van der Waals surface area (Å²) in [6, 6.07) is 9.09. The van der Waals surface area contributed by atoms with E-state index in [0.717, 1.165) is 0 Å². The van der Waals surface area contributed by atoms with Crippen LogP contribution in [-0.2, 0) is 10.4 Å². The van der Waals surface area contributed by atoms with Gasteiger partial charge in [0.05, 0.1) is 17.1 Å². The molecule has 3 rings (SSSR count). The molecule has 1 heterocycles. The van der Waals surface area contributed by atoms with Crippen molar-refractivity contribution in [1.82, 2.24) is 0 Å². The van der Waals surface area contributed by atoms with Crippen LogP contribution >= 0.6 is 34.8 Å². The number of rotatable bonds is 3. The summed E-state index contributed by atoms with van der Waals surface area (Å²) in [5.74, 6) is -1.11. The van der Waals surface area contributed by atoms with Crippen molar-refractivity contribution in [2.45, 2.75) is 12.0 Å². The average Bonchev–Trinajstić information content (AvgIpc) is 2.70. The number of hydrogen-bond donors (Lipinski definition) is 2. The van der Waals surface area contributed by atoms with E-state index in [-0.39, 0.29) is 10.6 Å². The molecule has 2 aromatic rings. The van der Waals surface area contributed by atoms with Crippen LogP contribution in [-0.4, -0.2) is 16.8 Å². The number of carbonyl (C=O) groups is 2. The van der Waals surface area contributed by atoms with Gasteiger partial charge in [0, 0.05) is 21.2 Å². The van der Waals surface area contributed by atoms with Crippen molar-refractivity contribution in [2.24, 2.45) is 0 Å². The monoisotopic (exact) mass is 369 g/mol. The summed E-state index contributed by atoms with van der Waals surface area (Å²) < 4.78 is 0. The van der Waals surface area contributed by atoms with E-state index in [1.54, 1.807) is 12.1 Å². The number of carbonyl (C=O) groups excluding carboxylic acids is 2. The van der Waals surface area contributed by atoms with E-state index < -0.39 is 23.7 Å². The molecule has 0 aliphatic carbocycles. The Morgan fingerprint density at radius 3 is 2.39 bits per heavy atom. The van der Waals surface area contributed by atoms with E-state index >= 15 is 0 Å². The minimum absolute atomic E-state index is 0.122. The first-order valence-electron chi connectivity index (χ1n) is 6.63. The number of fused-ring (bicyclic) bond motifs is 1. The Morgan fingerprint density at radius 1 is 1.09 bits per heavy atom. The molecule has 2 N–H and O–H groups in total. The summed E-state index contributed by atoms with van der Waals surface area (Å²) in [4.78, 5) is 24.6. The molecule has 1 aliphatic rings. The maximum absolute atomic E-state index is 12.4. The second-order valence-corrected chi connectivity index (χ2v) is 6.51. The van der Waals surface area contributed by atoms with Gasteiger partial charge in [-0.1, -0.05) is 34.8 Å². The van der Waals surface area contributed by atoms with Crippen LogP contribution in [0.15, 0.2) is 36.4 Å². The Kier molecular flexibility index (Phi) is 4.10. The molecule has 2 aromatic carbocycles. The van der Waals surface area contributed by atoms with Gasteiger partial charge in [0.25, 0.3) is 5.91 Å². The van der Waals surface area contributed by atoms with Crippen LogP contribution in [0.5, 0.6) is 0 Å². The standard InChI is InChI=1S/C16H10Cl3NO3/c17-9-3-1-8(2-4-9)13(21)7-16(23)14-11(19)5-10(18)6-12(14)20-15(16)22/h1-6,23H,7H2,(H,20,22)/t16-/m1/s1. The molecule has 0 saturated heterocycles. The van der Waals surface area contributed by atoms with Crippen molar-refractivity contribution in [2.75, 3.05) is 5.32 Å². The summed E-state index contributed by atoms with van der Waals surface area (Å²) >= 11 is 17.8. The van der Waals surface area contributed by atoms with Crippen molar-refractivity contribution in [1.29, 1.82) is 0 Å². The second kappa shape index (κ2) is 5.80. The van der Waals surface area contributed by atoms with Gasteiger partial charge in [-0.05, 0) is 36.4 Å². The molecule has 7 heteroatoms. The first kappa shape index (κ1) is 16.3. The fourth-order valence-corrected chi connectivity index (χ4v) is 3.35. The fourth-order valence-electron chi connectivity index (χ4n) is 2.57. The quantitative estimate of drug-likeness (QED) is 0.801. The Balaban J connectivity index is 1.98. The van der Waals surface area contributed by atoms with Gasteiger partial charge >= 0.3 is 0 Å². The van der Waals surface area contributed by atoms with Crippen molar-refractivity contribution in [3.05, 3.63) is 62.6 Å². The fraction of sp³-hybridized carbons (Fsp3) is 0.125. The van der Waals surface area contributed by atoms with Crippen LogP contribution in [0.3, 0.4) is 0 Å². The summed E-state index contributed by atoms with van der Waals surface area (Å²) in [6.45, 7) is 0. The average molecular weight is 371 g/mol. The zero-order valence-corrected chi connectivity index (χ0v) is 13.8. The lowest BCUT2D eigenvalue weighted by Crippen LogP contribution is -2.36. The van der Waals surface area contributed by atoms with Gasteiger partial charge in [0.2, 0.25) is 0 Å². The van der Waals surface area contributed by atoms with Crippen molar-refractivity contribution in [3.8, 4) is 0 Å². The van der Waals surface area contributed by atoms with Crippen LogP contribution in [0.25, 0.3) is 0 Å². The van der Waals surface area contributed by atoms with Gasteiger partial charge in [-0.3, -0.25) is 9.59 Å². The number of aliphatic hydroxyl groups is 1. The minimum atomic E-state index is -2.03. The first-order chi connectivity index (χ1) is 10.8. The second-order valence-electron chi connectivity index (χ2n) is 5.23.